The zero-order valence-electron chi connectivity index (χ0n) is 4.44. The fraction of sp³-hybridized carbons (Fsp3) is 0.286. The second-order valence-electron chi connectivity index (χ2n) is 2.54. The van der Waals surface area contributed by atoms with Gasteiger partial charge in [0, 0.05) is 6.42 Å². The highest BCUT2D eigenvalue weighted by Crippen LogP contribution is 2.47. The van der Waals surface area contributed by atoms with E-state index in [-0.39, 0.29) is 0 Å². The second kappa shape index (κ2) is 0.867. The molecule has 0 N–H and O–H groups in total. The van der Waals surface area contributed by atoms with E-state index in [0.717, 1.165) is 0 Å². The number of rotatable bonds is 0. The average Bonchev–Trinajstić information content (AvgIpc) is 2.59. The topological polar surface area (TPSA) is 0 Å². The fourth-order valence-electron chi connectivity index (χ4n) is 1.25. The van der Waals surface area contributed by atoms with Gasteiger partial charge >= 0.3 is 0 Å². The molecule has 0 unspecified atom stereocenters. The second-order valence-corrected chi connectivity index (χ2v) is 3.60. The van der Waals surface area contributed by atoms with Gasteiger partial charge in [-0.3, -0.25) is 0 Å². The van der Waals surface area contributed by atoms with Crippen molar-refractivity contribution in [1.29, 1.82) is 0 Å². The minimum atomic E-state index is 1.33. The number of fused-ring (bicyclic) bond motifs is 3. The molecule has 0 fully saturated rings. The van der Waals surface area contributed by atoms with E-state index in [1.165, 1.54) is 21.0 Å². The van der Waals surface area contributed by atoms with E-state index in [2.05, 4.69) is 5.80 Å². The molecule has 2 aliphatic rings. The van der Waals surface area contributed by atoms with Gasteiger partial charge in [-0.2, -0.15) is 0 Å². The Labute approximate surface area is 49.6 Å². The summed E-state index contributed by atoms with van der Waals surface area (Å²) in [6.45, 7) is 0. The zero-order chi connectivity index (χ0) is 5.14. The van der Waals surface area contributed by atoms with Crippen LogP contribution < -0.4 is 0 Å². The first-order valence-electron chi connectivity index (χ1n) is 2.93. The van der Waals surface area contributed by atoms with Gasteiger partial charge in [0.25, 0.3) is 0 Å². The number of hydrogen-bond donors (Lipinski definition) is 0. The molecule has 0 amide bonds. The Morgan fingerprint density at radius 2 is 2.25 bits per heavy atom. The van der Waals surface area contributed by atoms with Crippen molar-refractivity contribution in [3.63, 3.8) is 0 Å². The van der Waals surface area contributed by atoms with Gasteiger partial charge in [0.15, 0.2) is 0 Å². The van der Waals surface area contributed by atoms with Gasteiger partial charge in [-0.15, -0.1) is 0 Å². The molecule has 2 aliphatic carbocycles. The Morgan fingerprint density at radius 3 is 3.12 bits per heavy atom. The molecule has 1 heteroatoms. The highest BCUT2D eigenvalue weighted by atomic mass is 31.0. The standard InChI is InChI=1S/C7H5P/c1-4-3-8-7-2-6(7)5(1)4/h3H,1-2H2. The zero-order valence-corrected chi connectivity index (χ0v) is 5.33. The quantitative estimate of drug-likeness (QED) is 0.426. The van der Waals surface area contributed by atoms with Crippen LogP contribution in [0.15, 0.2) is 5.80 Å². The summed E-state index contributed by atoms with van der Waals surface area (Å²) in [7, 11) is 1.50. The van der Waals surface area contributed by atoms with E-state index in [1.54, 1.807) is 22.0 Å². The molecule has 38 valence electrons. The minimum Gasteiger partial charge on any atom is -0.0720 e. The highest BCUT2D eigenvalue weighted by Gasteiger charge is 2.30. The van der Waals surface area contributed by atoms with Gasteiger partial charge in [-0.1, -0.05) is 8.19 Å². The van der Waals surface area contributed by atoms with Gasteiger partial charge in [0.05, 0.1) is 0 Å². The molecule has 0 saturated carbocycles. The van der Waals surface area contributed by atoms with Crippen molar-refractivity contribution < 1.29 is 0 Å². The normalized spacial score (nSPS) is 18.0. The molecule has 0 aromatic carbocycles. The van der Waals surface area contributed by atoms with E-state index in [4.69, 9.17) is 0 Å². The van der Waals surface area contributed by atoms with Crippen LogP contribution in [0.5, 0.6) is 0 Å². The summed E-state index contributed by atoms with van der Waals surface area (Å²) in [5, 5.41) is 1.70. The monoisotopic (exact) mass is 120 g/mol. The van der Waals surface area contributed by atoms with Crippen LogP contribution in [0.3, 0.4) is 0 Å². The molecule has 8 heavy (non-hydrogen) atoms. The molecule has 0 aliphatic heterocycles. The molecular weight excluding hydrogens is 115 g/mol. The van der Waals surface area contributed by atoms with Crippen molar-refractivity contribution in [2.75, 3.05) is 0 Å². The Hall–Kier alpha value is -0.350. The summed E-state index contributed by atoms with van der Waals surface area (Å²) in [6.07, 6.45) is 2.67. The molecule has 0 spiro atoms. The first-order chi connectivity index (χ1) is 3.95. The smallest absolute Gasteiger partial charge is 0.00302 e. The maximum atomic E-state index is 2.36. The van der Waals surface area contributed by atoms with Gasteiger partial charge < -0.3 is 0 Å². The molecule has 0 nitrogen and oxygen atoms in total. The van der Waals surface area contributed by atoms with Crippen LogP contribution in [0.25, 0.3) is 0 Å². The molecule has 3 rings (SSSR count). The maximum Gasteiger partial charge on any atom is 0.00302 e. The summed E-state index contributed by atoms with van der Waals surface area (Å²) in [4.78, 5) is 0. The summed E-state index contributed by atoms with van der Waals surface area (Å²) >= 11 is 0. The van der Waals surface area contributed by atoms with E-state index in [0.29, 0.717) is 0 Å². The van der Waals surface area contributed by atoms with Crippen molar-refractivity contribution in [2.45, 2.75) is 12.8 Å². The van der Waals surface area contributed by atoms with Crippen LogP contribution in [0, 0.1) is 0 Å². The molecule has 0 bridgehead atoms. The van der Waals surface area contributed by atoms with E-state index in [1.807, 2.05) is 0 Å². The lowest BCUT2D eigenvalue weighted by molar-refractivity contribution is 1.54. The predicted octanol–water partition coefficient (Wildman–Crippen LogP) is 2.08. The lowest BCUT2D eigenvalue weighted by atomic mass is 10.5. The molecule has 0 radical (unpaired) electrons. The van der Waals surface area contributed by atoms with Crippen LogP contribution in [0.1, 0.15) is 22.0 Å². The Morgan fingerprint density at radius 1 is 1.25 bits per heavy atom. The van der Waals surface area contributed by atoms with E-state index >= 15 is 0 Å². The van der Waals surface area contributed by atoms with Crippen molar-refractivity contribution in [2.24, 2.45) is 0 Å². The summed E-state index contributed by atoms with van der Waals surface area (Å²) in [5.41, 5.74) is 5.05. The minimum absolute atomic E-state index is 1.33. The molecule has 0 saturated heterocycles. The van der Waals surface area contributed by atoms with Crippen molar-refractivity contribution in [1.82, 2.24) is 0 Å². The van der Waals surface area contributed by atoms with Crippen molar-refractivity contribution >= 4 is 8.19 Å². The van der Waals surface area contributed by atoms with Crippen LogP contribution in [-0.4, -0.2) is 0 Å². The van der Waals surface area contributed by atoms with Crippen LogP contribution in [-0.2, 0) is 12.8 Å². The van der Waals surface area contributed by atoms with Gasteiger partial charge in [0.2, 0.25) is 0 Å². The van der Waals surface area contributed by atoms with E-state index < -0.39 is 0 Å². The van der Waals surface area contributed by atoms with Crippen LogP contribution in [0.4, 0.5) is 0 Å². The molecular formula is C7H5P. The maximum absolute atomic E-state index is 2.36. The number of hydrogen-bond acceptors (Lipinski definition) is 0. The largest absolute Gasteiger partial charge is 0.0720 e. The SMILES string of the molecule is c1pc2c(c3c1C3)C2. The highest BCUT2D eigenvalue weighted by molar-refractivity contribution is 7.30. The Balaban J connectivity index is 2.55. The van der Waals surface area contributed by atoms with Crippen LogP contribution >= 0.6 is 8.19 Å². The lowest BCUT2D eigenvalue weighted by Gasteiger charge is -1.67. The van der Waals surface area contributed by atoms with Gasteiger partial charge in [-0.25, -0.2) is 0 Å². The molecule has 0 atom stereocenters. The van der Waals surface area contributed by atoms with Crippen molar-refractivity contribution in [3.8, 4) is 0 Å². The first kappa shape index (κ1) is 3.63. The molecule has 1 aromatic heterocycles. The summed E-state index contributed by atoms with van der Waals surface area (Å²) in [6, 6.07) is 0. The lowest BCUT2D eigenvalue weighted by Crippen LogP contribution is -1.44. The van der Waals surface area contributed by atoms with Crippen molar-refractivity contribution in [3.05, 3.63) is 27.8 Å². The third-order valence-electron chi connectivity index (χ3n) is 1.94. The fourth-order valence-corrected chi connectivity index (χ4v) is 2.35. The predicted molar refractivity (Wildman–Crippen MR) is 34.6 cm³/mol. The summed E-state index contributed by atoms with van der Waals surface area (Å²) in [5.74, 6) is 2.36. The molecule has 1 aromatic rings. The summed E-state index contributed by atoms with van der Waals surface area (Å²) < 4.78 is 0. The average molecular weight is 120 g/mol. The van der Waals surface area contributed by atoms with Gasteiger partial charge in [-0.05, 0) is 34.2 Å². The van der Waals surface area contributed by atoms with E-state index in [9.17, 15) is 0 Å². The third-order valence-corrected chi connectivity index (χ3v) is 3.12. The Kier molecular flexibility index (Phi) is 0.394. The molecule has 1 heterocycles. The Bertz CT molecular complexity index is 247. The first-order valence-corrected chi connectivity index (χ1v) is 3.90. The van der Waals surface area contributed by atoms with Crippen LogP contribution in [0.2, 0.25) is 0 Å². The third kappa shape index (κ3) is 0.286. The van der Waals surface area contributed by atoms with Gasteiger partial charge in [0.1, 0.15) is 0 Å².